The molecule has 0 N–H and O–H groups in total. The van der Waals surface area contributed by atoms with Crippen LogP contribution in [-0.2, 0) is 23.0 Å². The second-order valence-corrected chi connectivity index (χ2v) is 9.16. The first kappa shape index (κ1) is 21.1. The van der Waals surface area contributed by atoms with Gasteiger partial charge >= 0.3 is 0 Å². The summed E-state index contributed by atoms with van der Waals surface area (Å²) in [6, 6.07) is 20.0. The average Bonchev–Trinajstić information content (AvgIpc) is 2.82. The third kappa shape index (κ3) is 4.47. The molecule has 1 aliphatic heterocycles. The van der Waals surface area contributed by atoms with Gasteiger partial charge in [0.2, 0.25) is 10.0 Å². The van der Waals surface area contributed by atoms with Crippen molar-refractivity contribution in [2.75, 3.05) is 20.8 Å². The standard InChI is InChI=1S/C24H24N2O4S/c1-29-22-9-12-24(30-2)20(15-22)16-25-21-7-10-23(11-8-21)31(27,28)26-14-13-18-5-3-4-6-19(18)17-26/h3-12,15-16H,13-14,17H2,1-2H3. The van der Waals surface area contributed by atoms with Crippen molar-refractivity contribution in [3.8, 4) is 11.5 Å². The molecule has 0 bridgehead atoms. The summed E-state index contributed by atoms with van der Waals surface area (Å²) in [5, 5.41) is 0. The fourth-order valence-corrected chi connectivity index (χ4v) is 5.03. The van der Waals surface area contributed by atoms with E-state index in [0.29, 0.717) is 30.3 Å². The molecule has 6 nitrogen and oxygen atoms in total. The maximum atomic E-state index is 13.1. The van der Waals surface area contributed by atoms with Gasteiger partial charge in [-0.3, -0.25) is 4.99 Å². The first-order chi connectivity index (χ1) is 15.0. The SMILES string of the molecule is COc1ccc(OC)c(C=Nc2ccc(S(=O)(=O)N3CCc4ccccc4C3)cc2)c1. The molecule has 160 valence electrons. The summed E-state index contributed by atoms with van der Waals surface area (Å²) in [4.78, 5) is 4.73. The second kappa shape index (κ2) is 8.91. The zero-order chi connectivity index (χ0) is 21.8. The first-order valence-electron chi connectivity index (χ1n) is 9.94. The molecular weight excluding hydrogens is 412 g/mol. The number of benzene rings is 3. The van der Waals surface area contributed by atoms with Crippen molar-refractivity contribution >= 4 is 21.9 Å². The highest BCUT2D eigenvalue weighted by atomic mass is 32.2. The number of rotatable bonds is 6. The highest BCUT2D eigenvalue weighted by Gasteiger charge is 2.28. The zero-order valence-corrected chi connectivity index (χ0v) is 18.3. The molecule has 1 heterocycles. The number of hydrogen-bond donors (Lipinski definition) is 0. The van der Waals surface area contributed by atoms with Crippen LogP contribution in [0.2, 0.25) is 0 Å². The molecule has 0 atom stereocenters. The molecule has 0 amide bonds. The van der Waals surface area contributed by atoms with Gasteiger partial charge in [0.1, 0.15) is 11.5 Å². The van der Waals surface area contributed by atoms with Gasteiger partial charge in [-0.1, -0.05) is 24.3 Å². The monoisotopic (exact) mass is 436 g/mol. The maximum Gasteiger partial charge on any atom is 0.243 e. The maximum absolute atomic E-state index is 13.1. The molecule has 0 saturated carbocycles. The Morgan fingerprint density at radius 1 is 0.935 bits per heavy atom. The van der Waals surface area contributed by atoms with Crippen molar-refractivity contribution in [1.82, 2.24) is 4.31 Å². The third-order valence-corrected chi connectivity index (χ3v) is 7.22. The minimum atomic E-state index is -3.56. The summed E-state index contributed by atoms with van der Waals surface area (Å²) in [5.74, 6) is 1.38. The normalized spacial score (nSPS) is 14.4. The Bertz CT molecular complexity index is 1200. The van der Waals surface area contributed by atoms with Crippen molar-refractivity contribution in [3.05, 3.63) is 83.4 Å². The molecule has 0 spiro atoms. The Morgan fingerprint density at radius 2 is 1.68 bits per heavy atom. The van der Waals surface area contributed by atoms with Crippen LogP contribution in [0.1, 0.15) is 16.7 Å². The van der Waals surface area contributed by atoms with Crippen LogP contribution < -0.4 is 9.47 Å². The molecule has 0 radical (unpaired) electrons. The van der Waals surface area contributed by atoms with Crippen LogP contribution in [0.25, 0.3) is 0 Å². The number of hydrogen-bond acceptors (Lipinski definition) is 5. The average molecular weight is 437 g/mol. The van der Waals surface area contributed by atoms with E-state index in [4.69, 9.17) is 9.47 Å². The van der Waals surface area contributed by atoms with E-state index in [0.717, 1.165) is 17.5 Å². The lowest BCUT2D eigenvalue weighted by molar-refractivity contribution is 0.391. The van der Waals surface area contributed by atoms with Gasteiger partial charge in [-0.15, -0.1) is 0 Å². The Hall–Kier alpha value is -3.16. The number of sulfonamides is 1. The van der Waals surface area contributed by atoms with Gasteiger partial charge in [0, 0.05) is 24.9 Å². The second-order valence-electron chi connectivity index (χ2n) is 7.22. The van der Waals surface area contributed by atoms with Gasteiger partial charge in [-0.2, -0.15) is 4.31 Å². The lowest BCUT2D eigenvalue weighted by atomic mass is 10.0. The fourth-order valence-electron chi connectivity index (χ4n) is 3.61. The molecule has 0 unspecified atom stereocenters. The lowest BCUT2D eigenvalue weighted by Crippen LogP contribution is -2.35. The van der Waals surface area contributed by atoms with Gasteiger partial charge < -0.3 is 9.47 Å². The predicted octanol–water partition coefficient (Wildman–Crippen LogP) is 4.20. The van der Waals surface area contributed by atoms with Crippen LogP contribution in [0.3, 0.4) is 0 Å². The fraction of sp³-hybridized carbons (Fsp3) is 0.208. The van der Waals surface area contributed by atoms with E-state index < -0.39 is 10.0 Å². The molecular formula is C24H24N2O4S. The van der Waals surface area contributed by atoms with Gasteiger partial charge in [-0.25, -0.2) is 8.42 Å². The smallest absolute Gasteiger partial charge is 0.243 e. The molecule has 31 heavy (non-hydrogen) atoms. The van der Waals surface area contributed by atoms with Crippen LogP contribution in [-0.4, -0.2) is 39.7 Å². The van der Waals surface area contributed by atoms with Crippen LogP contribution in [0.5, 0.6) is 11.5 Å². The van der Waals surface area contributed by atoms with E-state index >= 15 is 0 Å². The number of aliphatic imine (C=N–C) groups is 1. The van der Waals surface area contributed by atoms with Gasteiger partial charge in [0.05, 0.1) is 24.8 Å². The highest BCUT2D eigenvalue weighted by Crippen LogP contribution is 2.27. The Labute approximate surface area is 182 Å². The highest BCUT2D eigenvalue weighted by molar-refractivity contribution is 7.89. The van der Waals surface area contributed by atoms with E-state index in [1.54, 1.807) is 44.7 Å². The molecule has 1 aliphatic rings. The van der Waals surface area contributed by atoms with Crippen molar-refractivity contribution in [3.63, 3.8) is 0 Å². The Balaban J connectivity index is 1.53. The van der Waals surface area contributed by atoms with Crippen LogP contribution in [0.15, 0.2) is 76.6 Å². The van der Waals surface area contributed by atoms with Gasteiger partial charge in [0.25, 0.3) is 0 Å². The topological polar surface area (TPSA) is 68.2 Å². The lowest BCUT2D eigenvalue weighted by Gasteiger charge is -2.28. The summed E-state index contributed by atoms with van der Waals surface area (Å²) in [6.07, 6.45) is 2.40. The largest absolute Gasteiger partial charge is 0.497 e. The third-order valence-electron chi connectivity index (χ3n) is 5.36. The quantitative estimate of drug-likeness (QED) is 0.543. The van der Waals surface area contributed by atoms with Crippen LogP contribution in [0.4, 0.5) is 5.69 Å². The molecule has 3 aromatic carbocycles. The molecule has 3 aromatic rings. The minimum Gasteiger partial charge on any atom is -0.497 e. The van der Waals surface area contributed by atoms with Crippen molar-refractivity contribution in [2.24, 2.45) is 4.99 Å². The first-order valence-corrected chi connectivity index (χ1v) is 11.4. The predicted molar refractivity (Wildman–Crippen MR) is 121 cm³/mol. The van der Waals surface area contributed by atoms with E-state index in [9.17, 15) is 8.42 Å². The summed E-state index contributed by atoms with van der Waals surface area (Å²) < 4.78 is 38.3. The number of methoxy groups -OCH3 is 2. The molecule has 0 saturated heterocycles. The molecule has 0 fully saturated rings. The minimum absolute atomic E-state index is 0.268. The van der Waals surface area contributed by atoms with Crippen LogP contribution in [0, 0.1) is 0 Å². The number of nitrogens with zero attached hydrogens (tertiary/aromatic N) is 2. The van der Waals surface area contributed by atoms with E-state index in [1.807, 2.05) is 36.4 Å². The molecule has 0 aliphatic carbocycles. The molecule has 7 heteroatoms. The number of ether oxygens (including phenoxy) is 2. The number of fused-ring (bicyclic) bond motifs is 1. The summed E-state index contributed by atoms with van der Waals surface area (Å²) in [5.41, 5.74) is 3.69. The summed E-state index contributed by atoms with van der Waals surface area (Å²) in [6.45, 7) is 0.878. The Morgan fingerprint density at radius 3 is 2.39 bits per heavy atom. The molecule has 4 rings (SSSR count). The van der Waals surface area contributed by atoms with Gasteiger partial charge in [-0.05, 0) is 60.0 Å². The van der Waals surface area contributed by atoms with Crippen molar-refractivity contribution < 1.29 is 17.9 Å². The van der Waals surface area contributed by atoms with Gasteiger partial charge in [0.15, 0.2) is 0 Å². The zero-order valence-electron chi connectivity index (χ0n) is 17.5. The Kier molecular flexibility index (Phi) is 6.06. The summed E-state index contributed by atoms with van der Waals surface area (Å²) in [7, 11) is -0.368. The molecule has 0 aromatic heterocycles. The van der Waals surface area contributed by atoms with E-state index in [2.05, 4.69) is 11.1 Å². The summed E-state index contributed by atoms with van der Waals surface area (Å²) >= 11 is 0. The van der Waals surface area contributed by atoms with E-state index in [1.165, 1.54) is 9.87 Å². The van der Waals surface area contributed by atoms with E-state index in [-0.39, 0.29) is 4.90 Å². The van der Waals surface area contributed by atoms with Crippen molar-refractivity contribution in [1.29, 1.82) is 0 Å². The van der Waals surface area contributed by atoms with Crippen LogP contribution >= 0.6 is 0 Å². The van der Waals surface area contributed by atoms with Crippen molar-refractivity contribution in [2.45, 2.75) is 17.9 Å².